The van der Waals surface area contributed by atoms with Gasteiger partial charge in [0.1, 0.15) is 6.61 Å². The molecule has 0 aliphatic carbocycles. The van der Waals surface area contributed by atoms with Crippen molar-refractivity contribution in [1.29, 1.82) is 0 Å². The van der Waals surface area contributed by atoms with Crippen LogP contribution in [0.15, 0.2) is 23.8 Å². The predicted molar refractivity (Wildman–Crippen MR) is 73.7 cm³/mol. The molecule has 0 bridgehead atoms. The number of H-pyrrole nitrogens is 1. The summed E-state index contributed by atoms with van der Waals surface area (Å²) in [4.78, 5) is 33.9. The summed E-state index contributed by atoms with van der Waals surface area (Å²) in [6, 6.07) is 0.0925. The fourth-order valence-corrected chi connectivity index (χ4v) is 1.63. The van der Waals surface area contributed by atoms with Crippen LogP contribution in [0.1, 0.15) is 19.9 Å². The third-order valence-electron chi connectivity index (χ3n) is 2.54. The minimum atomic E-state index is -0.719. The standard InChI is InChI=1S/C12H15N5O3/c1-4-5-20-12(19)16-11-14-9-8(10(18)15-11)13-6-17(9)7(2)3/h4,6-7H,1,5H2,2-3H3,(H2,14,15,16,18,19). The van der Waals surface area contributed by atoms with Gasteiger partial charge in [0.2, 0.25) is 5.95 Å². The van der Waals surface area contributed by atoms with E-state index in [-0.39, 0.29) is 24.1 Å². The lowest BCUT2D eigenvalue weighted by molar-refractivity contribution is 0.174. The molecule has 8 nitrogen and oxygen atoms in total. The maximum absolute atomic E-state index is 11.9. The van der Waals surface area contributed by atoms with Crippen molar-refractivity contribution in [2.24, 2.45) is 0 Å². The second-order valence-corrected chi connectivity index (χ2v) is 4.34. The fourth-order valence-electron chi connectivity index (χ4n) is 1.63. The quantitative estimate of drug-likeness (QED) is 0.823. The van der Waals surface area contributed by atoms with E-state index >= 15 is 0 Å². The molecule has 0 unspecified atom stereocenters. The van der Waals surface area contributed by atoms with Gasteiger partial charge in [0.15, 0.2) is 11.2 Å². The summed E-state index contributed by atoms with van der Waals surface area (Å²) in [6.07, 6.45) is 2.26. The highest BCUT2D eigenvalue weighted by atomic mass is 16.5. The van der Waals surface area contributed by atoms with Crippen molar-refractivity contribution < 1.29 is 9.53 Å². The van der Waals surface area contributed by atoms with Crippen molar-refractivity contribution in [2.45, 2.75) is 19.9 Å². The minimum Gasteiger partial charge on any atom is -0.445 e. The van der Waals surface area contributed by atoms with Crippen LogP contribution < -0.4 is 10.9 Å². The molecule has 2 rings (SSSR count). The number of anilines is 1. The molecule has 2 heterocycles. The molecule has 2 aromatic heterocycles. The van der Waals surface area contributed by atoms with Gasteiger partial charge in [-0.3, -0.25) is 15.1 Å². The van der Waals surface area contributed by atoms with Gasteiger partial charge >= 0.3 is 6.09 Å². The third kappa shape index (κ3) is 2.68. The number of hydrogen-bond acceptors (Lipinski definition) is 5. The summed E-state index contributed by atoms with van der Waals surface area (Å²) in [6.45, 7) is 7.38. The summed E-state index contributed by atoms with van der Waals surface area (Å²) in [7, 11) is 0. The lowest BCUT2D eigenvalue weighted by Gasteiger charge is -2.08. The smallest absolute Gasteiger partial charge is 0.414 e. The molecule has 0 atom stereocenters. The number of aromatic amines is 1. The second kappa shape index (κ2) is 5.55. The third-order valence-corrected chi connectivity index (χ3v) is 2.54. The van der Waals surface area contributed by atoms with Crippen molar-refractivity contribution in [3.05, 3.63) is 29.3 Å². The summed E-state index contributed by atoms with van der Waals surface area (Å²) < 4.78 is 6.49. The van der Waals surface area contributed by atoms with E-state index < -0.39 is 11.7 Å². The summed E-state index contributed by atoms with van der Waals surface area (Å²) in [5.41, 5.74) is 0.208. The highest BCUT2D eigenvalue weighted by Gasteiger charge is 2.13. The number of nitrogens with one attached hydrogen (secondary N) is 2. The van der Waals surface area contributed by atoms with Crippen LogP contribution in [0.25, 0.3) is 11.2 Å². The van der Waals surface area contributed by atoms with Crippen molar-refractivity contribution >= 4 is 23.2 Å². The molecule has 0 aromatic carbocycles. The molecule has 0 aliphatic heterocycles. The number of carbonyl (C=O) groups excluding carboxylic acids is 1. The van der Waals surface area contributed by atoms with Crippen molar-refractivity contribution in [3.8, 4) is 0 Å². The van der Waals surface area contributed by atoms with E-state index in [4.69, 9.17) is 4.74 Å². The zero-order chi connectivity index (χ0) is 14.7. The highest BCUT2D eigenvalue weighted by Crippen LogP contribution is 2.13. The number of rotatable bonds is 4. The molecule has 106 valence electrons. The van der Waals surface area contributed by atoms with E-state index in [9.17, 15) is 9.59 Å². The van der Waals surface area contributed by atoms with Gasteiger partial charge in [-0.25, -0.2) is 9.78 Å². The first-order chi connectivity index (χ1) is 9.52. The monoisotopic (exact) mass is 277 g/mol. The van der Waals surface area contributed by atoms with Gasteiger partial charge in [0, 0.05) is 6.04 Å². The highest BCUT2D eigenvalue weighted by molar-refractivity contribution is 5.83. The largest absolute Gasteiger partial charge is 0.445 e. The van der Waals surface area contributed by atoms with Crippen LogP contribution in [0.5, 0.6) is 0 Å². The SMILES string of the molecule is C=CCOC(=O)Nc1nc2c(ncn2C(C)C)c(=O)[nH]1. The van der Waals surface area contributed by atoms with Gasteiger partial charge in [-0.1, -0.05) is 12.7 Å². The molecule has 0 spiro atoms. The summed E-state index contributed by atoms with van der Waals surface area (Å²) in [5, 5.41) is 2.35. The average molecular weight is 277 g/mol. The number of imidazole rings is 1. The Morgan fingerprint density at radius 1 is 1.65 bits per heavy atom. The van der Waals surface area contributed by atoms with E-state index in [0.29, 0.717) is 5.65 Å². The number of fused-ring (bicyclic) bond motifs is 1. The molecule has 0 aliphatic rings. The van der Waals surface area contributed by atoms with Gasteiger partial charge in [-0.2, -0.15) is 4.98 Å². The average Bonchev–Trinajstić information content (AvgIpc) is 2.80. The normalized spacial score (nSPS) is 10.8. The Hall–Kier alpha value is -2.64. The van der Waals surface area contributed by atoms with Crippen molar-refractivity contribution in [1.82, 2.24) is 19.5 Å². The molecule has 2 N–H and O–H groups in total. The lowest BCUT2D eigenvalue weighted by Crippen LogP contribution is -2.20. The maximum atomic E-state index is 11.9. The first-order valence-corrected chi connectivity index (χ1v) is 6.04. The van der Waals surface area contributed by atoms with Gasteiger partial charge in [-0.05, 0) is 13.8 Å². The Balaban J connectivity index is 2.35. The first kappa shape index (κ1) is 13.8. The van der Waals surface area contributed by atoms with Crippen LogP contribution in [0.3, 0.4) is 0 Å². The Bertz CT molecular complexity index is 701. The van der Waals surface area contributed by atoms with Crippen molar-refractivity contribution in [3.63, 3.8) is 0 Å². The topological polar surface area (TPSA) is 102 Å². The van der Waals surface area contributed by atoms with Crippen LogP contribution in [-0.4, -0.2) is 32.2 Å². The van der Waals surface area contributed by atoms with E-state index in [0.717, 1.165) is 0 Å². The first-order valence-electron chi connectivity index (χ1n) is 6.04. The Kier molecular flexibility index (Phi) is 3.83. The van der Waals surface area contributed by atoms with Gasteiger partial charge in [0.25, 0.3) is 5.56 Å². The zero-order valence-corrected chi connectivity index (χ0v) is 11.2. The van der Waals surface area contributed by atoms with Gasteiger partial charge in [-0.15, -0.1) is 0 Å². The molecule has 2 aromatic rings. The lowest BCUT2D eigenvalue weighted by atomic mass is 10.4. The van der Waals surface area contributed by atoms with Crippen LogP contribution in [0.4, 0.5) is 10.7 Å². The number of aromatic nitrogens is 4. The number of nitrogens with zero attached hydrogens (tertiary/aromatic N) is 3. The summed E-state index contributed by atoms with van der Waals surface area (Å²) >= 11 is 0. The maximum Gasteiger partial charge on any atom is 0.414 e. The fraction of sp³-hybridized carbons (Fsp3) is 0.333. The summed E-state index contributed by atoms with van der Waals surface area (Å²) in [5.74, 6) is 0.0129. The Labute approximate surface area is 114 Å². The molecule has 8 heteroatoms. The van der Waals surface area contributed by atoms with Crippen LogP contribution in [0, 0.1) is 0 Å². The van der Waals surface area contributed by atoms with Gasteiger partial charge in [0.05, 0.1) is 6.33 Å². The van der Waals surface area contributed by atoms with E-state index in [1.807, 2.05) is 13.8 Å². The Morgan fingerprint density at radius 2 is 2.40 bits per heavy atom. The van der Waals surface area contributed by atoms with E-state index in [2.05, 4.69) is 26.8 Å². The molecule has 1 amide bonds. The van der Waals surface area contributed by atoms with Gasteiger partial charge < -0.3 is 9.30 Å². The zero-order valence-electron chi connectivity index (χ0n) is 11.2. The molecular formula is C12H15N5O3. The van der Waals surface area contributed by atoms with Crippen LogP contribution in [0.2, 0.25) is 0 Å². The predicted octanol–water partition coefficient (Wildman–Crippen LogP) is 1.43. The van der Waals surface area contributed by atoms with E-state index in [1.54, 1.807) is 4.57 Å². The molecule has 0 saturated carbocycles. The van der Waals surface area contributed by atoms with Crippen LogP contribution >= 0.6 is 0 Å². The molecular weight excluding hydrogens is 262 g/mol. The number of hydrogen-bond donors (Lipinski definition) is 2. The second-order valence-electron chi connectivity index (χ2n) is 4.34. The number of amides is 1. The Morgan fingerprint density at radius 3 is 3.05 bits per heavy atom. The minimum absolute atomic E-state index is 0.0129. The molecule has 0 saturated heterocycles. The van der Waals surface area contributed by atoms with Crippen molar-refractivity contribution in [2.75, 3.05) is 11.9 Å². The molecule has 0 fully saturated rings. The number of carbonyl (C=O) groups is 1. The van der Waals surface area contributed by atoms with E-state index in [1.165, 1.54) is 12.4 Å². The number of ether oxygens (including phenoxy) is 1. The van der Waals surface area contributed by atoms with Crippen LogP contribution in [-0.2, 0) is 4.74 Å². The molecule has 0 radical (unpaired) electrons. The molecule has 20 heavy (non-hydrogen) atoms.